The van der Waals surface area contributed by atoms with E-state index < -0.39 is 17.9 Å². The molecule has 72 heavy (non-hydrogen) atoms. The van der Waals surface area contributed by atoms with Crippen molar-refractivity contribution in [1.82, 2.24) is 29.9 Å². The van der Waals surface area contributed by atoms with Crippen LogP contribution in [0.1, 0.15) is 55.2 Å². The van der Waals surface area contributed by atoms with E-state index in [2.05, 4.69) is 45.8 Å². The molecule has 23 heteroatoms. The van der Waals surface area contributed by atoms with Gasteiger partial charge in [-0.15, -0.1) is 45.6 Å². The van der Waals surface area contributed by atoms with Gasteiger partial charge in [0.2, 0.25) is 0 Å². The van der Waals surface area contributed by atoms with Gasteiger partial charge in [-0.2, -0.15) is 0 Å². The van der Waals surface area contributed by atoms with E-state index in [0.717, 1.165) is 37.0 Å². The molecule has 0 fully saturated rings. The van der Waals surface area contributed by atoms with Crippen LogP contribution in [-0.4, -0.2) is 63.1 Å². The minimum atomic E-state index is -0.961. The third-order valence-electron chi connectivity index (χ3n) is 9.06. The first-order chi connectivity index (χ1) is 34.1. The van der Waals surface area contributed by atoms with Crippen LogP contribution in [0.5, 0.6) is 0 Å². The molecule has 0 saturated carbocycles. The number of alkyl halides is 1. The fourth-order valence-electron chi connectivity index (χ4n) is 5.85. The highest BCUT2D eigenvalue weighted by Crippen LogP contribution is 2.30. The summed E-state index contributed by atoms with van der Waals surface area (Å²) in [6, 6.07) is 34.5. The Labute approximate surface area is 449 Å². The van der Waals surface area contributed by atoms with Crippen LogP contribution in [0.15, 0.2) is 167 Å². The number of carbonyl (C=O) groups is 3. The quantitative estimate of drug-likeness (QED) is 0.0245. The average molecular weight is 1160 g/mol. The second-order valence-corrected chi connectivity index (χ2v) is 20.4. The number of hydrogen-bond acceptors (Lipinski definition) is 14. The van der Waals surface area contributed by atoms with Gasteiger partial charge in [-0.25, -0.2) is 24.4 Å². The predicted octanol–water partition coefficient (Wildman–Crippen LogP) is 12.7. The van der Waals surface area contributed by atoms with Crippen LogP contribution in [0.3, 0.4) is 0 Å². The number of thioether (sulfide) groups is 2. The second-order valence-electron chi connectivity index (χ2n) is 14.1. The molecule has 0 aliphatic carbocycles. The zero-order valence-corrected chi connectivity index (χ0v) is 43.5. The Morgan fingerprint density at radius 3 is 1.54 bits per heavy atom. The number of H-pyrrole nitrogens is 4. The number of aromatic amines is 4. The number of benzene rings is 3. The average Bonchev–Trinajstić information content (AvgIpc) is 4.21. The molecule has 6 aromatic heterocycles. The van der Waals surface area contributed by atoms with Gasteiger partial charge in [0.15, 0.2) is 15.1 Å². The molecule has 0 saturated heterocycles. The monoisotopic (exact) mass is 1160 g/mol. The van der Waals surface area contributed by atoms with Gasteiger partial charge in [-0.3, -0.25) is 19.4 Å². The second kappa shape index (κ2) is 27.9. The maximum atomic E-state index is 12.1. The predicted molar refractivity (Wildman–Crippen MR) is 295 cm³/mol. The fraction of sp³-hybridized carbons (Fsp3) is 0.0816. The molecule has 3 aromatic carbocycles. The first-order valence-electron chi connectivity index (χ1n) is 20.3. The molecule has 0 unspecified atom stereocenters. The van der Waals surface area contributed by atoms with Crippen LogP contribution in [0.4, 0.5) is 0 Å². The summed E-state index contributed by atoms with van der Waals surface area (Å²) < 4.78 is 0.762. The standard InChI is InChI=1S/C16H11BrN2O3S2.C16H12N2O3S2.C8H7ClO2.C8H6N2OS2.CH4/c17-12-13(11-5-2-6-23-11)18-16(19-14(12)20)24-8-9-3-1-4-10(7-9)15(21)22;19-14-8-12(13-5-2-6-22-13)17-16(18-14)23-9-10-3-1-4-11(7-10)15(20)21;9-5-6-2-1-3-7(4-6)8(10)11;11-7-4-5(9-8(12)10-7)6-2-1-3-13-6;/h1-7H,8H2,(H,21,22)(H,18,19,20);1-8H,9H2,(H,20,21)(H,17,18,19);1-4H,5H2,(H,10,11);1-4H,(H2,9,10,11,12);1H4. The Kier molecular flexibility index (Phi) is 21.9. The minimum absolute atomic E-state index is 0. The molecule has 9 aromatic rings. The molecular formula is C49H40BrClN6O9S6. The van der Waals surface area contributed by atoms with Crippen molar-refractivity contribution < 1.29 is 29.7 Å². The molecular weight excluding hydrogens is 1120 g/mol. The molecule has 15 nitrogen and oxygen atoms in total. The van der Waals surface area contributed by atoms with Gasteiger partial charge in [0.1, 0.15) is 10.2 Å². The number of thiophene rings is 3. The van der Waals surface area contributed by atoms with Crippen molar-refractivity contribution in [3.05, 3.63) is 211 Å². The van der Waals surface area contributed by atoms with E-state index in [0.29, 0.717) is 48.3 Å². The van der Waals surface area contributed by atoms with Crippen molar-refractivity contribution in [3.63, 3.8) is 0 Å². The molecule has 9 rings (SSSR count). The summed E-state index contributed by atoms with van der Waals surface area (Å²) in [7, 11) is 0. The topological polar surface area (TPSA) is 252 Å². The van der Waals surface area contributed by atoms with E-state index in [4.69, 9.17) is 39.1 Å². The summed E-state index contributed by atoms with van der Waals surface area (Å²) >= 11 is 21.0. The zero-order chi connectivity index (χ0) is 50.9. The third kappa shape index (κ3) is 17.1. The largest absolute Gasteiger partial charge is 0.478 e. The number of carboxylic acids is 3. The lowest BCUT2D eigenvalue weighted by molar-refractivity contribution is 0.0686. The van der Waals surface area contributed by atoms with E-state index in [9.17, 15) is 28.8 Å². The van der Waals surface area contributed by atoms with Crippen molar-refractivity contribution in [2.45, 2.75) is 35.1 Å². The van der Waals surface area contributed by atoms with Crippen molar-refractivity contribution >= 4 is 115 Å². The van der Waals surface area contributed by atoms with Crippen LogP contribution in [0, 0.1) is 4.77 Å². The Balaban J connectivity index is 0.000000186. The van der Waals surface area contributed by atoms with E-state index in [1.54, 1.807) is 72.0 Å². The van der Waals surface area contributed by atoms with Crippen LogP contribution < -0.4 is 16.7 Å². The van der Waals surface area contributed by atoms with Gasteiger partial charge in [0.25, 0.3) is 16.7 Å². The molecule has 0 radical (unpaired) electrons. The van der Waals surface area contributed by atoms with Crippen LogP contribution in [0.2, 0.25) is 0 Å². The normalized spacial score (nSPS) is 10.2. The SMILES string of the molecule is C.O=C(O)c1cccc(CCl)c1.O=C(O)c1cccc(CSc2nc(-c3cccs3)c(Br)c(=O)[nH]2)c1.O=C(O)c1cccc(CSc2nc(-c3cccs3)cc(=O)[nH]2)c1.O=c1cc(-c2cccs2)[nH]c(=S)[nH]1. The van der Waals surface area contributed by atoms with Gasteiger partial charge in [0, 0.05) is 29.5 Å². The van der Waals surface area contributed by atoms with Crippen molar-refractivity contribution in [3.8, 4) is 31.7 Å². The van der Waals surface area contributed by atoms with Gasteiger partial charge < -0.3 is 30.3 Å². The number of nitrogens with one attached hydrogen (secondary N) is 4. The highest BCUT2D eigenvalue weighted by atomic mass is 79.9. The number of rotatable bonds is 13. The maximum absolute atomic E-state index is 12.1. The first kappa shape index (κ1) is 56.4. The summed E-state index contributed by atoms with van der Waals surface area (Å²) in [5.74, 6) is -1.45. The lowest BCUT2D eigenvalue weighted by atomic mass is 10.1. The number of aromatic nitrogens is 6. The lowest BCUT2D eigenvalue weighted by Gasteiger charge is -2.06. The molecule has 0 spiro atoms. The third-order valence-corrected chi connectivity index (χ3v) is 14.9. The van der Waals surface area contributed by atoms with Crippen LogP contribution in [0.25, 0.3) is 31.7 Å². The van der Waals surface area contributed by atoms with Gasteiger partial charge in [0.05, 0.1) is 42.7 Å². The molecule has 0 atom stereocenters. The minimum Gasteiger partial charge on any atom is -0.478 e. The van der Waals surface area contributed by atoms with Gasteiger partial charge in [-0.05, 0) is 116 Å². The van der Waals surface area contributed by atoms with E-state index >= 15 is 0 Å². The smallest absolute Gasteiger partial charge is 0.335 e. The highest BCUT2D eigenvalue weighted by molar-refractivity contribution is 9.10. The van der Waals surface area contributed by atoms with Gasteiger partial charge >= 0.3 is 17.9 Å². The Bertz CT molecular complexity index is 3460. The maximum Gasteiger partial charge on any atom is 0.335 e. The van der Waals surface area contributed by atoms with Crippen molar-refractivity contribution in [2.75, 3.05) is 0 Å². The first-order valence-corrected chi connectivity index (χ1v) is 26.6. The number of hydrogen-bond donors (Lipinski definition) is 7. The Morgan fingerprint density at radius 1 is 0.583 bits per heavy atom. The summed E-state index contributed by atoms with van der Waals surface area (Å²) in [5, 5.41) is 33.4. The summed E-state index contributed by atoms with van der Waals surface area (Å²) in [6.07, 6.45) is 0. The summed E-state index contributed by atoms with van der Waals surface area (Å²) in [4.78, 5) is 90.0. The molecule has 0 bridgehead atoms. The number of carboxylic acid groups (broad SMARTS) is 3. The summed E-state index contributed by atoms with van der Waals surface area (Å²) in [5.41, 5.74) is 4.70. The van der Waals surface area contributed by atoms with Gasteiger partial charge in [-0.1, -0.05) is 85.5 Å². The van der Waals surface area contributed by atoms with E-state index in [-0.39, 0.29) is 40.8 Å². The highest BCUT2D eigenvalue weighted by Gasteiger charge is 2.14. The lowest BCUT2D eigenvalue weighted by Crippen LogP contribution is -2.11. The Hall–Kier alpha value is -6.50. The number of halogens is 2. The molecule has 6 heterocycles. The fourth-order valence-corrected chi connectivity index (χ4v) is 10.5. The molecule has 0 amide bonds. The number of nitrogens with zero attached hydrogens (tertiary/aromatic N) is 2. The molecule has 370 valence electrons. The number of aromatic carboxylic acids is 3. The zero-order valence-electron chi connectivity index (χ0n) is 36.3. The molecule has 7 N–H and O–H groups in total. The Morgan fingerprint density at radius 2 is 1.06 bits per heavy atom. The van der Waals surface area contributed by atoms with Crippen molar-refractivity contribution in [1.29, 1.82) is 0 Å². The summed E-state index contributed by atoms with van der Waals surface area (Å²) in [6.45, 7) is 0. The van der Waals surface area contributed by atoms with E-state index in [1.807, 2.05) is 64.7 Å². The molecule has 0 aliphatic rings. The van der Waals surface area contributed by atoms with Crippen LogP contribution in [-0.2, 0) is 17.4 Å². The van der Waals surface area contributed by atoms with Crippen molar-refractivity contribution in [2.24, 2.45) is 0 Å². The van der Waals surface area contributed by atoms with E-state index in [1.165, 1.54) is 58.3 Å². The molecule has 0 aliphatic heterocycles. The van der Waals surface area contributed by atoms with Crippen LogP contribution >= 0.6 is 97.3 Å².